The second kappa shape index (κ2) is 11.3. The van der Waals surface area contributed by atoms with E-state index >= 15 is 0 Å². The number of nitrogens with two attached hydrogens (primary N) is 3. The first-order valence-corrected chi connectivity index (χ1v) is 6.89. The minimum atomic E-state index is -0.833. The number of aliphatic carboxylic acids is 1. The van der Waals surface area contributed by atoms with Gasteiger partial charge >= 0.3 is 0 Å². The highest BCUT2D eigenvalue weighted by molar-refractivity contribution is 5.95. The number of amides is 1. The van der Waals surface area contributed by atoms with E-state index in [0.29, 0.717) is 0 Å². The molecule has 0 rings (SSSR count). The number of nitrogens with zero attached hydrogens (tertiary/aromatic N) is 2. The number of carbonyl (C=O) groups excluding carboxylic acids is 1. The van der Waals surface area contributed by atoms with E-state index in [2.05, 4.69) is 15.3 Å². The molecule has 0 bridgehead atoms. The Morgan fingerprint density at radius 1 is 0.870 bits per heavy atom. The summed E-state index contributed by atoms with van der Waals surface area (Å²) in [6.45, 7) is 14.0. The zero-order chi connectivity index (χ0) is 19.4. The van der Waals surface area contributed by atoms with Crippen LogP contribution in [-0.2, 0) is 9.59 Å². The molecule has 0 aromatic rings. The average molecular weight is 332 g/mol. The molecule has 0 saturated heterocycles. The van der Waals surface area contributed by atoms with Crippen LogP contribution in [0.2, 0.25) is 0 Å². The van der Waals surface area contributed by atoms with E-state index in [1.807, 2.05) is 41.5 Å². The molecule has 9 heteroatoms. The van der Waals surface area contributed by atoms with E-state index in [1.165, 1.54) is 6.92 Å². The molecule has 0 aliphatic heterocycles. The number of carboxylic acid groups (broad SMARTS) is 1. The zero-order valence-electron chi connectivity index (χ0n) is 15.4. The van der Waals surface area contributed by atoms with E-state index in [4.69, 9.17) is 27.1 Å². The number of hydrogen-bond donors (Lipinski definition) is 5. The summed E-state index contributed by atoms with van der Waals surface area (Å²) in [6, 6.07) is 0. The van der Waals surface area contributed by atoms with Crippen LogP contribution in [0, 0.1) is 0 Å². The van der Waals surface area contributed by atoms with Gasteiger partial charge in [-0.3, -0.25) is 14.9 Å². The standard InChI is InChI=1S/C7H15N3O.C5H13N3.C2H4O2/c1-5(11)9-6(8)10-7(2,3)4;1-5(2,3)8-4(6)7;1-2(3)4/h1-4H3,(H3,8,9,10,11);1-3H3,(H4,6,7,8);1H3,(H,3,4). The number of carboxylic acids is 1. The van der Waals surface area contributed by atoms with Crippen LogP contribution in [0.15, 0.2) is 9.98 Å². The van der Waals surface area contributed by atoms with Crippen molar-refractivity contribution in [3.8, 4) is 0 Å². The first kappa shape index (κ1) is 25.6. The maximum atomic E-state index is 10.5. The third kappa shape index (κ3) is 45.1. The molecule has 0 aromatic carbocycles. The fourth-order valence-electron chi connectivity index (χ4n) is 0.957. The highest BCUT2D eigenvalue weighted by Gasteiger charge is 2.08. The first-order chi connectivity index (χ1) is 9.96. The summed E-state index contributed by atoms with van der Waals surface area (Å²) in [5.41, 5.74) is 15.2. The molecule has 8 N–H and O–H groups in total. The van der Waals surface area contributed by atoms with Gasteiger partial charge in [-0.2, -0.15) is 0 Å². The van der Waals surface area contributed by atoms with Crippen LogP contribution in [0.1, 0.15) is 55.4 Å². The van der Waals surface area contributed by atoms with Crippen LogP contribution >= 0.6 is 0 Å². The van der Waals surface area contributed by atoms with Crippen LogP contribution in [-0.4, -0.2) is 40.0 Å². The van der Waals surface area contributed by atoms with Crippen LogP contribution in [0.5, 0.6) is 0 Å². The molecule has 0 aromatic heterocycles. The monoisotopic (exact) mass is 332 g/mol. The smallest absolute Gasteiger partial charge is 0.300 e. The molecule has 1 amide bonds. The van der Waals surface area contributed by atoms with Gasteiger partial charge in [0.05, 0.1) is 11.1 Å². The van der Waals surface area contributed by atoms with Gasteiger partial charge in [-0.25, -0.2) is 9.98 Å². The Bertz CT molecular complexity index is 423. The molecular formula is C14H32N6O3. The fraction of sp³-hybridized carbons (Fsp3) is 0.714. The van der Waals surface area contributed by atoms with Crippen molar-refractivity contribution in [1.82, 2.24) is 5.32 Å². The predicted molar refractivity (Wildman–Crippen MR) is 94.1 cm³/mol. The summed E-state index contributed by atoms with van der Waals surface area (Å²) in [5.74, 6) is -0.710. The molecule has 0 aliphatic carbocycles. The molecule has 136 valence electrons. The summed E-state index contributed by atoms with van der Waals surface area (Å²) < 4.78 is 0. The van der Waals surface area contributed by atoms with Crippen molar-refractivity contribution in [2.45, 2.75) is 66.5 Å². The van der Waals surface area contributed by atoms with Crippen molar-refractivity contribution in [1.29, 1.82) is 0 Å². The van der Waals surface area contributed by atoms with Gasteiger partial charge in [0.15, 0.2) is 11.9 Å². The van der Waals surface area contributed by atoms with Crippen molar-refractivity contribution in [3.05, 3.63) is 0 Å². The van der Waals surface area contributed by atoms with Crippen LogP contribution in [0.4, 0.5) is 0 Å². The molecule has 0 heterocycles. The maximum absolute atomic E-state index is 10.5. The molecular weight excluding hydrogens is 300 g/mol. The minimum absolute atomic E-state index is 0.140. The van der Waals surface area contributed by atoms with E-state index in [0.717, 1.165) is 6.92 Å². The van der Waals surface area contributed by atoms with Gasteiger partial charge in [0.2, 0.25) is 5.91 Å². The maximum Gasteiger partial charge on any atom is 0.300 e. The van der Waals surface area contributed by atoms with E-state index in [1.54, 1.807) is 0 Å². The minimum Gasteiger partial charge on any atom is -0.481 e. The lowest BCUT2D eigenvalue weighted by atomic mass is 10.1. The SMILES string of the molecule is CC(=O)NC(N)=NC(C)(C)C.CC(=O)O.CC(C)(C)N=C(N)N. The molecule has 0 radical (unpaired) electrons. The second-order valence-electron chi connectivity index (χ2n) is 6.58. The van der Waals surface area contributed by atoms with Gasteiger partial charge in [0, 0.05) is 13.8 Å². The van der Waals surface area contributed by atoms with Gasteiger partial charge < -0.3 is 22.3 Å². The lowest BCUT2D eigenvalue weighted by Gasteiger charge is -2.13. The average Bonchev–Trinajstić information content (AvgIpc) is 2.06. The van der Waals surface area contributed by atoms with Crippen molar-refractivity contribution in [2.75, 3.05) is 0 Å². The van der Waals surface area contributed by atoms with E-state index in [-0.39, 0.29) is 28.9 Å². The molecule has 0 spiro atoms. The number of aliphatic imine (C=N–C) groups is 2. The molecule has 23 heavy (non-hydrogen) atoms. The Labute approximate surface area is 138 Å². The molecule has 0 aliphatic rings. The van der Waals surface area contributed by atoms with Gasteiger partial charge in [0.25, 0.3) is 5.97 Å². The fourth-order valence-corrected chi connectivity index (χ4v) is 0.957. The highest BCUT2D eigenvalue weighted by Crippen LogP contribution is 2.04. The van der Waals surface area contributed by atoms with E-state index < -0.39 is 5.97 Å². The summed E-state index contributed by atoms with van der Waals surface area (Å²) >= 11 is 0. The number of guanidine groups is 2. The predicted octanol–water partition coefficient (Wildman–Crippen LogP) is 0.385. The van der Waals surface area contributed by atoms with Crippen LogP contribution < -0.4 is 22.5 Å². The molecule has 0 atom stereocenters. The summed E-state index contributed by atoms with van der Waals surface area (Å²) in [7, 11) is 0. The lowest BCUT2D eigenvalue weighted by Crippen LogP contribution is -2.37. The Morgan fingerprint density at radius 2 is 1.17 bits per heavy atom. The van der Waals surface area contributed by atoms with E-state index in [9.17, 15) is 4.79 Å². The first-order valence-electron chi connectivity index (χ1n) is 6.89. The number of carbonyl (C=O) groups is 2. The normalized spacial score (nSPS) is 11.0. The third-order valence-electron chi connectivity index (χ3n) is 1.22. The summed E-state index contributed by atoms with van der Waals surface area (Å²) in [6.07, 6.45) is 0. The number of hydrogen-bond acceptors (Lipinski definition) is 4. The highest BCUT2D eigenvalue weighted by atomic mass is 16.4. The van der Waals surface area contributed by atoms with Crippen LogP contribution in [0.3, 0.4) is 0 Å². The second-order valence-corrected chi connectivity index (χ2v) is 6.58. The summed E-state index contributed by atoms with van der Waals surface area (Å²) in [5, 5.41) is 9.80. The zero-order valence-corrected chi connectivity index (χ0v) is 15.4. The van der Waals surface area contributed by atoms with Crippen molar-refractivity contribution >= 4 is 23.8 Å². The van der Waals surface area contributed by atoms with Crippen molar-refractivity contribution in [2.24, 2.45) is 27.2 Å². The Balaban J connectivity index is -0.000000292. The molecule has 0 saturated carbocycles. The van der Waals surface area contributed by atoms with Crippen molar-refractivity contribution < 1.29 is 14.7 Å². The topological polar surface area (TPSA) is 169 Å². The molecule has 0 fully saturated rings. The largest absolute Gasteiger partial charge is 0.481 e. The third-order valence-corrected chi connectivity index (χ3v) is 1.22. The van der Waals surface area contributed by atoms with Gasteiger partial charge in [-0.1, -0.05) is 0 Å². The van der Waals surface area contributed by atoms with Gasteiger partial charge in [-0.15, -0.1) is 0 Å². The van der Waals surface area contributed by atoms with Crippen LogP contribution in [0.25, 0.3) is 0 Å². The summed E-state index contributed by atoms with van der Waals surface area (Å²) in [4.78, 5) is 27.4. The van der Waals surface area contributed by atoms with Gasteiger partial charge in [-0.05, 0) is 41.5 Å². The number of rotatable bonds is 0. The quantitative estimate of drug-likeness (QED) is 0.317. The lowest BCUT2D eigenvalue weighted by molar-refractivity contribution is -0.134. The Hall–Kier alpha value is -2.32. The molecule has 9 nitrogen and oxygen atoms in total. The van der Waals surface area contributed by atoms with Crippen molar-refractivity contribution in [3.63, 3.8) is 0 Å². The Kier molecular flexibility index (Phi) is 12.6. The Morgan fingerprint density at radius 3 is 1.30 bits per heavy atom. The molecule has 0 unspecified atom stereocenters. The van der Waals surface area contributed by atoms with Gasteiger partial charge in [0.1, 0.15) is 0 Å². The number of nitrogens with one attached hydrogen (secondary N) is 1.